The molecule has 0 aliphatic rings. The van der Waals surface area contributed by atoms with Gasteiger partial charge in [-0.3, -0.25) is 9.59 Å². The molecule has 0 heterocycles. The van der Waals surface area contributed by atoms with Crippen LogP contribution < -0.4 is 15.4 Å². The number of nitrogens with one attached hydrogen (secondary N) is 2. The smallest absolute Gasteiger partial charge is 0.262 e. The molecule has 0 saturated carbocycles. The lowest BCUT2D eigenvalue weighted by Gasteiger charge is -2.10. The topological polar surface area (TPSA) is 67.4 Å². The molecule has 0 aliphatic carbocycles. The zero-order chi connectivity index (χ0) is 19.1. The van der Waals surface area contributed by atoms with Gasteiger partial charge < -0.3 is 15.4 Å². The number of hydrogen-bond donors (Lipinski definition) is 2. The fourth-order valence-corrected chi connectivity index (χ4v) is 2.60. The van der Waals surface area contributed by atoms with Crippen molar-refractivity contribution in [1.29, 1.82) is 0 Å². The molecule has 0 unspecified atom stereocenters. The number of benzene rings is 3. The average molecular weight is 425 g/mol. The molecule has 0 aromatic heterocycles. The van der Waals surface area contributed by atoms with Gasteiger partial charge in [0.15, 0.2) is 6.61 Å². The summed E-state index contributed by atoms with van der Waals surface area (Å²) in [5.74, 6) is 0.0172. The molecule has 3 aromatic carbocycles. The van der Waals surface area contributed by atoms with Crippen LogP contribution in [0.2, 0.25) is 0 Å². The maximum atomic E-state index is 12.2. The molecule has 27 heavy (non-hydrogen) atoms. The molecule has 0 saturated heterocycles. The van der Waals surface area contributed by atoms with Gasteiger partial charge in [-0.1, -0.05) is 40.2 Å². The van der Waals surface area contributed by atoms with Gasteiger partial charge in [-0.25, -0.2) is 0 Å². The van der Waals surface area contributed by atoms with Crippen molar-refractivity contribution < 1.29 is 14.3 Å². The van der Waals surface area contributed by atoms with Crippen molar-refractivity contribution in [2.45, 2.75) is 0 Å². The summed E-state index contributed by atoms with van der Waals surface area (Å²) in [5, 5.41) is 5.56. The fraction of sp³-hybridized carbons (Fsp3) is 0.0476. The standard InChI is InChI=1S/C21H17BrN2O3/c22-16-9-11-17(12-10-16)23-20(25)14-27-19-8-4-7-18(13-19)24-21(26)15-5-2-1-3-6-15/h1-13H,14H2,(H,23,25)(H,24,26). The monoisotopic (exact) mass is 424 g/mol. The quantitative estimate of drug-likeness (QED) is 0.601. The van der Waals surface area contributed by atoms with E-state index in [4.69, 9.17) is 4.74 Å². The summed E-state index contributed by atoms with van der Waals surface area (Å²) in [7, 11) is 0. The number of hydrogen-bond acceptors (Lipinski definition) is 3. The van der Waals surface area contributed by atoms with Gasteiger partial charge in [0.25, 0.3) is 11.8 Å². The summed E-state index contributed by atoms with van der Waals surface area (Å²) in [5.41, 5.74) is 1.85. The summed E-state index contributed by atoms with van der Waals surface area (Å²) in [6, 6.07) is 23.1. The van der Waals surface area contributed by atoms with Crippen LogP contribution in [0.4, 0.5) is 11.4 Å². The summed E-state index contributed by atoms with van der Waals surface area (Å²) >= 11 is 3.34. The van der Waals surface area contributed by atoms with Gasteiger partial charge in [0.1, 0.15) is 5.75 Å². The highest BCUT2D eigenvalue weighted by Crippen LogP contribution is 2.18. The summed E-state index contributed by atoms with van der Waals surface area (Å²) < 4.78 is 6.46. The third kappa shape index (κ3) is 5.69. The molecule has 2 N–H and O–H groups in total. The molecular weight excluding hydrogens is 408 g/mol. The van der Waals surface area contributed by atoms with E-state index in [0.29, 0.717) is 22.7 Å². The maximum Gasteiger partial charge on any atom is 0.262 e. The second-order valence-electron chi connectivity index (χ2n) is 5.69. The Labute approximate surface area is 165 Å². The van der Waals surface area contributed by atoms with Crippen molar-refractivity contribution in [3.05, 3.63) is 88.9 Å². The van der Waals surface area contributed by atoms with Crippen molar-refractivity contribution in [2.24, 2.45) is 0 Å². The van der Waals surface area contributed by atoms with Crippen LogP contribution in [-0.2, 0) is 4.79 Å². The van der Waals surface area contributed by atoms with Crippen molar-refractivity contribution >= 4 is 39.1 Å². The van der Waals surface area contributed by atoms with Crippen LogP contribution in [0.25, 0.3) is 0 Å². The van der Waals surface area contributed by atoms with Gasteiger partial charge in [-0.05, 0) is 48.5 Å². The Hall–Kier alpha value is -3.12. The lowest BCUT2D eigenvalue weighted by molar-refractivity contribution is -0.118. The molecule has 0 bridgehead atoms. The maximum absolute atomic E-state index is 12.2. The van der Waals surface area contributed by atoms with E-state index in [2.05, 4.69) is 26.6 Å². The highest BCUT2D eigenvalue weighted by molar-refractivity contribution is 9.10. The first-order valence-corrected chi connectivity index (χ1v) is 9.04. The number of amides is 2. The Balaban J connectivity index is 1.55. The van der Waals surface area contributed by atoms with Gasteiger partial charge in [0.05, 0.1) is 0 Å². The summed E-state index contributed by atoms with van der Waals surface area (Å²) in [6.45, 7) is -0.133. The molecule has 0 atom stereocenters. The van der Waals surface area contributed by atoms with Crippen molar-refractivity contribution in [2.75, 3.05) is 17.2 Å². The predicted molar refractivity (Wildman–Crippen MR) is 109 cm³/mol. The second kappa shape index (κ2) is 9.00. The molecule has 3 rings (SSSR count). The van der Waals surface area contributed by atoms with E-state index < -0.39 is 0 Å². The molecule has 0 spiro atoms. The fourth-order valence-electron chi connectivity index (χ4n) is 2.34. The molecule has 0 fully saturated rings. The van der Waals surface area contributed by atoms with Crippen LogP contribution in [0.15, 0.2) is 83.3 Å². The number of ether oxygens (including phenoxy) is 1. The van der Waals surface area contributed by atoms with Gasteiger partial charge in [0.2, 0.25) is 0 Å². The number of anilines is 2. The highest BCUT2D eigenvalue weighted by atomic mass is 79.9. The van der Waals surface area contributed by atoms with E-state index in [0.717, 1.165) is 4.47 Å². The first-order valence-electron chi connectivity index (χ1n) is 8.25. The Morgan fingerprint density at radius 2 is 1.56 bits per heavy atom. The average Bonchev–Trinajstić information content (AvgIpc) is 2.69. The van der Waals surface area contributed by atoms with Crippen molar-refractivity contribution in [1.82, 2.24) is 0 Å². The molecule has 2 amide bonds. The number of carbonyl (C=O) groups is 2. The number of halogens is 1. The van der Waals surface area contributed by atoms with E-state index in [-0.39, 0.29) is 18.4 Å². The van der Waals surface area contributed by atoms with E-state index >= 15 is 0 Å². The highest BCUT2D eigenvalue weighted by Gasteiger charge is 2.07. The first-order chi connectivity index (χ1) is 13.1. The number of carbonyl (C=O) groups excluding carboxylic acids is 2. The van der Waals surface area contributed by atoms with Crippen LogP contribution in [0.1, 0.15) is 10.4 Å². The summed E-state index contributed by atoms with van der Waals surface area (Å²) in [6.07, 6.45) is 0. The van der Waals surface area contributed by atoms with Crippen LogP contribution in [0.3, 0.4) is 0 Å². The van der Waals surface area contributed by atoms with Gasteiger partial charge in [-0.2, -0.15) is 0 Å². The Morgan fingerprint density at radius 3 is 2.30 bits per heavy atom. The normalized spacial score (nSPS) is 10.1. The van der Waals surface area contributed by atoms with Crippen LogP contribution in [0.5, 0.6) is 5.75 Å². The van der Waals surface area contributed by atoms with Crippen LogP contribution >= 0.6 is 15.9 Å². The molecule has 3 aromatic rings. The molecular formula is C21H17BrN2O3. The van der Waals surface area contributed by atoms with E-state index in [1.807, 2.05) is 18.2 Å². The third-order valence-electron chi connectivity index (χ3n) is 3.63. The zero-order valence-electron chi connectivity index (χ0n) is 14.3. The lowest BCUT2D eigenvalue weighted by atomic mass is 10.2. The van der Waals surface area contributed by atoms with E-state index in [1.165, 1.54) is 0 Å². The predicted octanol–water partition coefficient (Wildman–Crippen LogP) is 4.72. The lowest BCUT2D eigenvalue weighted by Crippen LogP contribution is -2.20. The Morgan fingerprint density at radius 1 is 0.815 bits per heavy atom. The molecule has 136 valence electrons. The SMILES string of the molecule is O=C(COc1cccc(NC(=O)c2ccccc2)c1)Nc1ccc(Br)cc1. The van der Waals surface area contributed by atoms with E-state index in [1.54, 1.807) is 60.7 Å². The summed E-state index contributed by atoms with van der Waals surface area (Å²) in [4.78, 5) is 24.2. The van der Waals surface area contributed by atoms with Gasteiger partial charge >= 0.3 is 0 Å². The van der Waals surface area contributed by atoms with E-state index in [9.17, 15) is 9.59 Å². The minimum Gasteiger partial charge on any atom is -0.484 e. The molecule has 0 radical (unpaired) electrons. The minimum atomic E-state index is -0.268. The van der Waals surface area contributed by atoms with Crippen molar-refractivity contribution in [3.8, 4) is 5.75 Å². The molecule has 0 aliphatic heterocycles. The number of rotatable bonds is 6. The largest absolute Gasteiger partial charge is 0.484 e. The Bertz CT molecular complexity index is 928. The Kier molecular flexibility index (Phi) is 6.22. The van der Waals surface area contributed by atoms with Gasteiger partial charge in [-0.15, -0.1) is 0 Å². The van der Waals surface area contributed by atoms with Crippen LogP contribution in [0, 0.1) is 0 Å². The van der Waals surface area contributed by atoms with Crippen molar-refractivity contribution in [3.63, 3.8) is 0 Å². The zero-order valence-corrected chi connectivity index (χ0v) is 15.9. The minimum absolute atomic E-state index is 0.133. The first kappa shape index (κ1) is 18.7. The third-order valence-corrected chi connectivity index (χ3v) is 4.15. The second-order valence-corrected chi connectivity index (χ2v) is 6.61. The molecule has 6 heteroatoms. The van der Waals surface area contributed by atoms with Gasteiger partial charge in [0, 0.05) is 27.5 Å². The van der Waals surface area contributed by atoms with Crippen LogP contribution in [-0.4, -0.2) is 18.4 Å². The molecule has 5 nitrogen and oxygen atoms in total.